The molecule has 152 valence electrons. The van der Waals surface area contributed by atoms with E-state index in [4.69, 9.17) is 0 Å². The summed E-state index contributed by atoms with van der Waals surface area (Å²) in [6.45, 7) is 9.12. The SMILES string of the molecule is Cc1ccccc1-n1c(CC(C)(C)C)c(-c2ccc(-c3ccccc3)cc2)c[n+]1C. The van der Waals surface area contributed by atoms with Crippen LogP contribution in [0.2, 0.25) is 0 Å². The lowest BCUT2D eigenvalue weighted by atomic mass is 9.88. The van der Waals surface area contributed by atoms with Crippen LogP contribution in [0.4, 0.5) is 0 Å². The highest BCUT2D eigenvalue weighted by Crippen LogP contribution is 2.32. The van der Waals surface area contributed by atoms with Crippen molar-refractivity contribution in [3.8, 4) is 27.9 Å². The number of para-hydroxylation sites is 1. The minimum absolute atomic E-state index is 0.185. The van der Waals surface area contributed by atoms with E-state index in [1.807, 2.05) is 0 Å². The number of nitrogens with zero attached hydrogens (tertiary/aromatic N) is 2. The summed E-state index contributed by atoms with van der Waals surface area (Å²) in [7, 11) is 2.14. The quantitative estimate of drug-likeness (QED) is 0.347. The van der Waals surface area contributed by atoms with E-state index < -0.39 is 0 Å². The second kappa shape index (κ2) is 7.95. The molecule has 0 N–H and O–H groups in total. The van der Waals surface area contributed by atoms with Crippen molar-refractivity contribution in [3.05, 3.63) is 96.3 Å². The van der Waals surface area contributed by atoms with Gasteiger partial charge in [0.15, 0.2) is 7.05 Å². The van der Waals surface area contributed by atoms with Crippen molar-refractivity contribution < 1.29 is 4.68 Å². The van der Waals surface area contributed by atoms with E-state index in [-0.39, 0.29) is 5.41 Å². The average molecular weight is 396 g/mol. The van der Waals surface area contributed by atoms with E-state index in [0.29, 0.717) is 0 Å². The molecule has 0 saturated carbocycles. The summed E-state index contributed by atoms with van der Waals surface area (Å²) in [6, 6.07) is 28.2. The standard InChI is InChI=1S/C28H31N2/c1-21-11-9-10-14-26(21)30-27(19-28(2,3)4)25(20-29(30)5)24-17-15-23(16-18-24)22-12-7-6-8-13-22/h6-18,20H,19H2,1-5H3/q+1. The number of aromatic nitrogens is 2. The summed E-state index contributed by atoms with van der Waals surface area (Å²) in [4.78, 5) is 0. The maximum absolute atomic E-state index is 2.38. The van der Waals surface area contributed by atoms with Gasteiger partial charge in [-0.1, -0.05) is 93.6 Å². The Kier molecular flexibility index (Phi) is 5.34. The molecule has 0 radical (unpaired) electrons. The molecule has 0 spiro atoms. The highest BCUT2D eigenvalue weighted by molar-refractivity contribution is 5.71. The molecule has 2 nitrogen and oxygen atoms in total. The summed E-state index contributed by atoms with van der Waals surface area (Å²) in [5, 5.41) is 0. The third-order valence-electron chi connectivity index (χ3n) is 5.54. The van der Waals surface area contributed by atoms with Crippen molar-refractivity contribution in [2.45, 2.75) is 34.1 Å². The second-order valence-corrected chi connectivity index (χ2v) is 9.34. The lowest BCUT2D eigenvalue weighted by molar-refractivity contribution is -0.744. The van der Waals surface area contributed by atoms with Gasteiger partial charge in [-0.2, -0.15) is 0 Å². The molecule has 0 fully saturated rings. The van der Waals surface area contributed by atoms with Crippen LogP contribution in [-0.4, -0.2) is 4.68 Å². The summed E-state index contributed by atoms with van der Waals surface area (Å²) in [5.74, 6) is 0. The molecule has 0 amide bonds. The van der Waals surface area contributed by atoms with E-state index >= 15 is 0 Å². The van der Waals surface area contributed by atoms with Crippen molar-refractivity contribution >= 4 is 0 Å². The van der Waals surface area contributed by atoms with Gasteiger partial charge in [-0.05, 0) is 47.1 Å². The van der Waals surface area contributed by atoms with E-state index in [1.54, 1.807) is 0 Å². The Morgan fingerprint density at radius 2 is 1.30 bits per heavy atom. The van der Waals surface area contributed by atoms with Crippen LogP contribution >= 0.6 is 0 Å². The monoisotopic (exact) mass is 395 g/mol. The molecule has 0 aliphatic rings. The molecule has 0 aliphatic carbocycles. The van der Waals surface area contributed by atoms with Crippen LogP contribution in [0.25, 0.3) is 27.9 Å². The van der Waals surface area contributed by atoms with Crippen molar-refractivity contribution in [3.63, 3.8) is 0 Å². The van der Waals surface area contributed by atoms with Crippen molar-refractivity contribution in [2.75, 3.05) is 0 Å². The molecule has 0 saturated heterocycles. The fourth-order valence-electron chi connectivity index (χ4n) is 4.13. The van der Waals surface area contributed by atoms with E-state index in [2.05, 4.69) is 129 Å². The third-order valence-corrected chi connectivity index (χ3v) is 5.54. The lowest BCUT2D eigenvalue weighted by Gasteiger charge is -2.19. The highest BCUT2D eigenvalue weighted by Gasteiger charge is 2.26. The normalized spacial score (nSPS) is 11.6. The Morgan fingerprint density at radius 3 is 1.93 bits per heavy atom. The maximum Gasteiger partial charge on any atom is 0.203 e. The van der Waals surface area contributed by atoms with E-state index in [0.717, 1.165) is 6.42 Å². The fraction of sp³-hybridized carbons (Fsp3) is 0.250. The van der Waals surface area contributed by atoms with Crippen LogP contribution in [0.1, 0.15) is 32.0 Å². The first kappa shape index (κ1) is 20.2. The van der Waals surface area contributed by atoms with Crippen molar-refractivity contribution in [1.29, 1.82) is 0 Å². The maximum atomic E-state index is 2.38. The molecule has 1 heterocycles. The zero-order chi connectivity index (χ0) is 21.3. The number of hydrogen-bond donors (Lipinski definition) is 0. The molecule has 3 aromatic carbocycles. The number of benzene rings is 3. The van der Waals surface area contributed by atoms with Crippen LogP contribution in [-0.2, 0) is 13.5 Å². The summed E-state index contributed by atoms with van der Waals surface area (Å²) < 4.78 is 4.60. The fourth-order valence-corrected chi connectivity index (χ4v) is 4.13. The number of aryl methyl sites for hydroxylation is 2. The molecule has 0 bridgehead atoms. The second-order valence-electron chi connectivity index (χ2n) is 9.34. The van der Waals surface area contributed by atoms with Crippen LogP contribution in [0.3, 0.4) is 0 Å². The first-order chi connectivity index (χ1) is 14.3. The van der Waals surface area contributed by atoms with Crippen molar-refractivity contribution in [2.24, 2.45) is 12.5 Å². The predicted molar refractivity (Wildman–Crippen MR) is 126 cm³/mol. The molecule has 0 atom stereocenters. The smallest absolute Gasteiger partial charge is 0.125 e. The first-order valence-electron chi connectivity index (χ1n) is 10.7. The van der Waals surface area contributed by atoms with Gasteiger partial charge in [0.25, 0.3) is 0 Å². The van der Waals surface area contributed by atoms with Gasteiger partial charge in [0.2, 0.25) is 6.20 Å². The van der Waals surface area contributed by atoms with Gasteiger partial charge in [0.05, 0.1) is 11.3 Å². The Hall–Kier alpha value is -3.13. The Bertz CT molecular complexity index is 1140. The molecule has 2 heteroatoms. The topological polar surface area (TPSA) is 8.81 Å². The summed E-state index contributed by atoms with van der Waals surface area (Å²) in [5.41, 5.74) is 9.13. The lowest BCUT2D eigenvalue weighted by Crippen LogP contribution is -2.38. The number of rotatable bonds is 4. The summed E-state index contributed by atoms with van der Waals surface area (Å²) >= 11 is 0. The Labute approximate surface area is 180 Å². The van der Waals surface area contributed by atoms with Crippen molar-refractivity contribution in [1.82, 2.24) is 4.68 Å². The minimum Gasteiger partial charge on any atom is -0.125 e. The van der Waals surface area contributed by atoms with Crippen LogP contribution in [0, 0.1) is 12.3 Å². The average Bonchev–Trinajstić information content (AvgIpc) is 3.03. The first-order valence-corrected chi connectivity index (χ1v) is 10.7. The third kappa shape index (κ3) is 4.09. The summed E-state index contributed by atoms with van der Waals surface area (Å²) in [6.07, 6.45) is 3.27. The van der Waals surface area contributed by atoms with Gasteiger partial charge in [0, 0.05) is 0 Å². The molecular formula is C28H31N2+. The van der Waals surface area contributed by atoms with Gasteiger partial charge in [-0.25, -0.2) is 0 Å². The molecule has 0 unspecified atom stereocenters. The molecule has 4 aromatic rings. The van der Waals surface area contributed by atoms with Crippen LogP contribution in [0.15, 0.2) is 85.1 Å². The number of hydrogen-bond acceptors (Lipinski definition) is 0. The molecular weight excluding hydrogens is 364 g/mol. The van der Waals surface area contributed by atoms with Crippen LogP contribution < -0.4 is 4.68 Å². The van der Waals surface area contributed by atoms with Gasteiger partial charge in [-0.3, -0.25) is 0 Å². The van der Waals surface area contributed by atoms with Gasteiger partial charge >= 0.3 is 0 Å². The Balaban J connectivity index is 1.84. The highest BCUT2D eigenvalue weighted by atomic mass is 15.4. The molecule has 1 aromatic heterocycles. The van der Waals surface area contributed by atoms with E-state index in [9.17, 15) is 0 Å². The van der Waals surface area contributed by atoms with Gasteiger partial charge in [-0.15, -0.1) is 9.36 Å². The molecule has 0 aliphatic heterocycles. The van der Waals surface area contributed by atoms with Gasteiger partial charge < -0.3 is 0 Å². The zero-order valence-electron chi connectivity index (χ0n) is 18.7. The van der Waals surface area contributed by atoms with Gasteiger partial charge in [0.1, 0.15) is 5.69 Å². The van der Waals surface area contributed by atoms with E-state index in [1.165, 1.54) is 39.2 Å². The predicted octanol–water partition coefficient (Wildman–Crippen LogP) is 6.53. The molecule has 30 heavy (non-hydrogen) atoms. The Morgan fingerprint density at radius 1 is 0.733 bits per heavy atom. The van der Waals surface area contributed by atoms with Crippen LogP contribution in [0.5, 0.6) is 0 Å². The largest absolute Gasteiger partial charge is 0.203 e. The zero-order valence-corrected chi connectivity index (χ0v) is 18.7. The molecule has 4 rings (SSSR count). The minimum atomic E-state index is 0.185.